The minimum Gasteiger partial charge on any atom is -0.444 e. The third-order valence-corrected chi connectivity index (χ3v) is 3.30. The van der Waals surface area contributed by atoms with E-state index in [-0.39, 0.29) is 0 Å². The van der Waals surface area contributed by atoms with Crippen LogP contribution in [0.4, 0.5) is 0 Å². The zero-order chi connectivity index (χ0) is 11.4. The van der Waals surface area contributed by atoms with E-state index in [0.717, 1.165) is 37.7 Å². The van der Waals surface area contributed by atoms with Crippen LogP contribution in [-0.2, 0) is 13.0 Å². The molecule has 1 aliphatic heterocycles. The molecule has 0 radical (unpaired) electrons. The van der Waals surface area contributed by atoms with E-state index in [4.69, 9.17) is 4.42 Å². The Labute approximate surface area is 97.0 Å². The summed E-state index contributed by atoms with van der Waals surface area (Å²) < 4.78 is 5.62. The highest BCUT2D eigenvalue weighted by molar-refractivity contribution is 4.94. The van der Waals surface area contributed by atoms with Crippen LogP contribution >= 0.6 is 0 Å². The molecule has 16 heavy (non-hydrogen) atoms. The molecule has 0 atom stereocenters. The van der Waals surface area contributed by atoms with Crippen molar-refractivity contribution in [2.75, 3.05) is 20.1 Å². The van der Waals surface area contributed by atoms with Crippen molar-refractivity contribution in [2.24, 2.45) is 0 Å². The number of oxazole rings is 1. The molecule has 1 aliphatic rings. The second kappa shape index (κ2) is 5.46. The summed E-state index contributed by atoms with van der Waals surface area (Å²) in [6.45, 7) is 5.21. The van der Waals surface area contributed by atoms with E-state index in [2.05, 4.69) is 22.1 Å². The third-order valence-electron chi connectivity index (χ3n) is 3.30. The maximum absolute atomic E-state index is 5.62. The Bertz CT molecular complexity index is 316. The first-order chi connectivity index (χ1) is 7.81. The first kappa shape index (κ1) is 11.6. The average molecular weight is 223 g/mol. The van der Waals surface area contributed by atoms with Crippen molar-refractivity contribution in [1.82, 2.24) is 15.2 Å². The summed E-state index contributed by atoms with van der Waals surface area (Å²) in [7, 11) is 2.04. The summed E-state index contributed by atoms with van der Waals surface area (Å²) in [6.07, 6.45) is 5.21. The lowest BCUT2D eigenvalue weighted by molar-refractivity contribution is 0.178. The number of likely N-dealkylation sites (tertiary alicyclic amines) is 1. The maximum Gasteiger partial charge on any atom is 0.208 e. The number of piperidine rings is 1. The maximum atomic E-state index is 5.62. The summed E-state index contributed by atoms with van der Waals surface area (Å²) in [5.41, 5.74) is 0. The molecule has 2 rings (SSSR count). The molecule has 4 heteroatoms. The number of rotatable bonds is 4. The Morgan fingerprint density at radius 1 is 1.50 bits per heavy atom. The van der Waals surface area contributed by atoms with Crippen LogP contribution in [0.1, 0.15) is 31.4 Å². The van der Waals surface area contributed by atoms with Gasteiger partial charge in [-0.25, -0.2) is 4.98 Å². The second-order valence-corrected chi connectivity index (χ2v) is 4.41. The van der Waals surface area contributed by atoms with Crippen molar-refractivity contribution in [3.63, 3.8) is 0 Å². The molecule has 0 aliphatic carbocycles. The number of hydrogen-bond donors (Lipinski definition) is 1. The molecular formula is C12H21N3O. The molecule has 4 nitrogen and oxygen atoms in total. The standard InChI is InChI=1S/C12H21N3O/c1-3-11-8-14-12(16-11)9-15-6-4-10(13-2)5-7-15/h8,10,13H,3-7,9H2,1-2H3. The van der Waals surface area contributed by atoms with Crippen LogP contribution in [-0.4, -0.2) is 36.1 Å². The molecule has 0 saturated carbocycles. The van der Waals surface area contributed by atoms with E-state index < -0.39 is 0 Å². The number of aryl methyl sites for hydroxylation is 1. The minimum atomic E-state index is 0.687. The highest BCUT2D eigenvalue weighted by atomic mass is 16.4. The van der Waals surface area contributed by atoms with Gasteiger partial charge in [0.15, 0.2) is 0 Å². The van der Waals surface area contributed by atoms with Crippen molar-refractivity contribution < 1.29 is 4.42 Å². The van der Waals surface area contributed by atoms with Crippen molar-refractivity contribution in [1.29, 1.82) is 0 Å². The van der Waals surface area contributed by atoms with E-state index in [9.17, 15) is 0 Å². The third kappa shape index (κ3) is 2.83. The molecule has 1 aromatic rings. The van der Waals surface area contributed by atoms with Gasteiger partial charge in [-0.2, -0.15) is 0 Å². The summed E-state index contributed by atoms with van der Waals surface area (Å²) in [5.74, 6) is 1.85. The Morgan fingerprint density at radius 2 is 2.25 bits per heavy atom. The predicted molar refractivity (Wildman–Crippen MR) is 63.2 cm³/mol. The van der Waals surface area contributed by atoms with Gasteiger partial charge in [-0.1, -0.05) is 6.92 Å². The zero-order valence-electron chi connectivity index (χ0n) is 10.2. The van der Waals surface area contributed by atoms with Crippen molar-refractivity contribution in [3.05, 3.63) is 17.8 Å². The van der Waals surface area contributed by atoms with Crippen LogP contribution in [0.5, 0.6) is 0 Å². The van der Waals surface area contributed by atoms with Crippen LogP contribution in [0.2, 0.25) is 0 Å². The lowest BCUT2D eigenvalue weighted by atomic mass is 10.1. The van der Waals surface area contributed by atoms with Gasteiger partial charge in [-0.15, -0.1) is 0 Å². The monoisotopic (exact) mass is 223 g/mol. The Kier molecular flexibility index (Phi) is 3.96. The Morgan fingerprint density at radius 3 is 2.81 bits per heavy atom. The number of nitrogens with zero attached hydrogens (tertiary/aromatic N) is 2. The van der Waals surface area contributed by atoms with Gasteiger partial charge in [-0.3, -0.25) is 4.90 Å². The topological polar surface area (TPSA) is 41.3 Å². The predicted octanol–water partition coefficient (Wildman–Crippen LogP) is 1.42. The molecule has 1 saturated heterocycles. The Hall–Kier alpha value is -0.870. The largest absolute Gasteiger partial charge is 0.444 e. The van der Waals surface area contributed by atoms with Crippen LogP contribution in [0.15, 0.2) is 10.6 Å². The molecule has 1 fully saturated rings. The summed E-state index contributed by atoms with van der Waals surface area (Å²) >= 11 is 0. The molecule has 0 spiro atoms. The van der Waals surface area contributed by atoms with E-state index in [1.54, 1.807) is 0 Å². The van der Waals surface area contributed by atoms with Crippen LogP contribution in [0, 0.1) is 0 Å². The molecule has 0 amide bonds. The summed E-state index contributed by atoms with van der Waals surface area (Å²) in [6, 6.07) is 0.687. The normalized spacial score (nSPS) is 19.1. The van der Waals surface area contributed by atoms with Crippen LogP contribution in [0.25, 0.3) is 0 Å². The van der Waals surface area contributed by atoms with E-state index in [1.807, 2.05) is 13.2 Å². The lowest BCUT2D eigenvalue weighted by Crippen LogP contribution is -2.40. The van der Waals surface area contributed by atoms with E-state index in [1.165, 1.54) is 12.8 Å². The molecule has 1 N–H and O–H groups in total. The molecular weight excluding hydrogens is 202 g/mol. The van der Waals surface area contributed by atoms with E-state index >= 15 is 0 Å². The first-order valence-electron chi connectivity index (χ1n) is 6.15. The van der Waals surface area contributed by atoms with Gasteiger partial charge in [-0.05, 0) is 19.9 Å². The van der Waals surface area contributed by atoms with Crippen LogP contribution < -0.4 is 5.32 Å². The summed E-state index contributed by atoms with van der Waals surface area (Å²) in [5, 5.41) is 3.34. The highest BCUT2D eigenvalue weighted by Gasteiger charge is 2.18. The molecule has 0 aromatic carbocycles. The van der Waals surface area contributed by atoms with Gasteiger partial charge < -0.3 is 9.73 Å². The SMILES string of the molecule is CCc1cnc(CN2CCC(NC)CC2)o1. The van der Waals surface area contributed by atoms with Crippen LogP contribution in [0.3, 0.4) is 0 Å². The van der Waals surface area contributed by atoms with Gasteiger partial charge in [0.05, 0.1) is 12.7 Å². The number of hydrogen-bond acceptors (Lipinski definition) is 4. The fourth-order valence-corrected chi connectivity index (χ4v) is 2.16. The zero-order valence-corrected chi connectivity index (χ0v) is 10.2. The van der Waals surface area contributed by atoms with Gasteiger partial charge in [0, 0.05) is 25.6 Å². The first-order valence-corrected chi connectivity index (χ1v) is 6.15. The van der Waals surface area contributed by atoms with Gasteiger partial charge in [0.25, 0.3) is 0 Å². The molecule has 0 bridgehead atoms. The molecule has 2 heterocycles. The van der Waals surface area contributed by atoms with Gasteiger partial charge in [0.1, 0.15) is 5.76 Å². The van der Waals surface area contributed by atoms with E-state index in [0.29, 0.717) is 6.04 Å². The van der Waals surface area contributed by atoms with Crippen molar-refractivity contribution >= 4 is 0 Å². The molecule has 0 unspecified atom stereocenters. The van der Waals surface area contributed by atoms with Crippen molar-refractivity contribution in [3.8, 4) is 0 Å². The fraction of sp³-hybridized carbons (Fsp3) is 0.750. The molecule has 90 valence electrons. The Balaban J connectivity index is 1.82. The van der Waals surface area contributed by atoms with Gasteiger partial charge >= 0.3 is 0 Å². The summed E-state index contributed by atoms with van der Waals surface area (Å²) in [4.78, 5) is 6.71. The smallest absolute Gasteiger partial charge is 0.208 e. The second-order valence-electron chi connectivity index (χ2n) is 4.41. The fourth-order valence-electron chi connectivity index (χ4n) is 2.16. The molecule has 1 aromatic heterocycles. The average Bonchev–Trinajstić information content (AvgIpc) is 2.78. The number of nitrogens with one attached hydrogen (secondary N) is 1. The lowest BCUT2D eigenvalue weighted by Gasteiger charge is -2.30. The van der Waals surface area contributed by atoms with Gasteiger partial charge in [0.2, 0.25) is 5.89 Å². The number of aromatic nitrogens is 1. The quantitative estimate of drug-likeness (QED) is 0.838. The minimum absolute atomic E-state index is 0.687. The highest BCUT2D eigenvalue weighted by Crippen LogP contribution is 2.13. The van der Waals surface area contributed by atoms with Crippen molar-refractivity contribution in [2.45, 2.75) is 38.8 Å².